The van der Waals surface area contributed by atoms with Crippen molar-refractivity contribution >= 4 is 5.78 Å². The molecule has 0 N–H and O–H groups in total. The maximum Gasteiger partial charge on any atom is 0.226 e. The number of carbonyl (C=O) groups excluding carboxylic acids is 1. The molecule has 0 aliphatic rings. The van der Waals surface area contributed by atoms with E-state index in [0.29, 0.717) is 11.5 Å². The van der Waals surface area contributed by atoms with Crippen molar-refractivity contribution in [3.8, 4) is 11.5 Å². The maximum absolute atomic E-state index is 11.5. The van der Waals surface area contributed by atoms with E-state index >= 15 is 0 Å². The van der Waals surface area contributed by atoms with Crippen LogP contribution in [0.4, 0.5) is 0 Å². The quantitative estimate of drug-likeness (QED) is 0.748. The molecule has 2 aromatic rings. The van der Waals surface area contributed by atoms with E-state index in [1.54, 1.807) is 19.2 Å². The first-order chi connectivity index (χ1) is 8.72. The molecule has 0 aliphatic carbocycles. The molecule has 0 amide bonds. The van der Waals surface area contributed by atoms with Crippen LogP contribution in [0.5, 0.6) is 0 Å². The SMILES string of the molecule is CCCCc1cnc(-c2ccccc2C(C)=O)o1. The number of unbranched alkanes of at least 4 members (excludes halogenated alkanes) is 1. The molecular weight excluding hydrogens is 226 g/mol. The molecule has 0 saturated heterocycles. The Hall–Kier alpha value is -1.90. The Morgan fingerprint density at radius 3 is 2.83 bits per heavy atom. The Morgan fingerprint density at radius 2 is 2.11 bits per heavy atom. The first-order valence-electron chi connectivity index (χ1n) is 6.27. The smallest absolute Gasteiger partial charge is 0.226 e. The lowest BCUT2D eigenvalue weighted by molar-refractivity contribution is 0.101. The highest BCUT2D eigenvalue weighted by Gasteiger charge is 2.13. The topological polar surface area (TPSA) is 43.1 Å². The van der Waals surface area contributed by atoms with Gasteiger partial charge in [-0.3, -0.25) is 4.79 Å². The summed E-state index contributed by atoms with van der Waals surface area (Å²) in [4.78, 5) is 15.8. The number of rotatable bonds is 5. The Bertz CT molecular complexity index is 543. The first kappa shape index (κ1) is 12.6. The van der Waals surface area contributed by atoms with E-state index in [4.69, 9.17) is 4.42 Å². The van der Waals surface area contributed by atoms with Gasteiger partial charge in [-0.25, -0.2) is 4.98 Å². The van der Waals surface area contributed by atoms with Gasteiger partial charge in [0.2, 0.25) is 5.89 Å². The fourth-order valence-electron chi connectivity index (χ4n) is 1.88. The summed E-state index contributed by atoms with van der Waals surface area (Å²) in [5.41, 5.74) is 1.43. The van der Waals surface area contributed by atoms with Crippen molar-refractivity contribution in [2.24, 2.45) is 0 Å². The van der Waals surface area contributed by atoms with Crippen LogP contribution in [0.1, 0.15) is 42.8 Å². The summed E-state index contributed by atoms with van der Waals surface area (Å²) in [5.74, 6) is 1.44. The number of aromatic nitrogens is 1. The van der Waals surface area contributed by atoms with Gasteiger partial charge in [-0.2, -0.15) is 0 Å². The van der Waals surface area contributed by atoms with Crippen LogP contribution < -0.4 is 0 Å². The van der Waals surface area contributed by atoms with Crippen molar-refractivity contribution in [1.29, 1.82) is 0 Å². The number of aryl methyl sites for hydroxylation is 1. The summed E-state index contributed by atoms with van der Waals surface area (Å²) in [6, 6.07) is 7.40. The van der Waals surface area contributed by atoms with Crippen molar-refractivity contribution in [2.45, 2.75) is 33.1 Å². The minimum absolute atomic E-state index is 0.0268. The van der Waals surface area contributed by atoms with Gasteiger partial charge in [0.05, 0.1) is 6.20 Å². The fourth-order valence-corrected chi connectivity index (χ4v) is 1.88. The van der Waals surface area contributed by atoms with Crippen LogP contribution in [-0.4, -0.2) is 10.8 Å². The summed E-state index contributed by atoms with van der Waals surface area (Å²) in [7, 11) is 0. The third kappa shape index (κ3) is 2.67. The van der Waals surface area contributed by atoms with Gasteiger partial charge in [0.15, 0.2) is 5.78 Å². The number of nitrogens with zero attached hydrogens (tertiary/aromatic N) is 1. The van der Waals surface area contributed by atoms with Gasteiger partial charge in [0.1, 0.15) is 5.76 Å². The van der Waals surface area contributed by atoms with Gasteiger partial charge < -0.3 is 4.42 Å². The number of oxazole rings is 1. The van der Waals surface area contributed by atoms with Crippen LogP contribution >= 0.6 is 0 Å². The van der Waals surface area contributed by atoms with Crippen LogP contribution in [-0.2, 0) is 6.42 Å². The molecule has 3 heteroatoms. The van der Waals surface area contributed by atoms with E-state index in [9.17, 15) is 4.79 Å². The molecule has 0 spiro atoms. The minimum atomic E-state index is 0.0268. The highest BCUT2D eigenvalue weighted by molar-refractivity contribution is 5.99. The van der Waals surface area contributed by atoms with E-state index < -0.39 is 0 Å². The third-order valence-electron chi connectivity index (χ3n) is 2.87. The molecule has 0 unspecified atom stereocenters. The molecule has 1 heterocycles. The van der Waals surface area contributed by atoms with E-state index in [1.165, 1.54) is 0 Å². The van der Waals surface area contributed by atoms with Crippen molar-refractivity contribution < 1.29 is 9.21 Å². The monoisotopic (exact) mass is 243 g/mol. The Morgan fingerprint density at radius 1 is 1.33 bits per heavy atom. The number of benzene rings is 1. The van der Waals surface area contributed by atoms with Crippen LogP contribution in [0.15, 0.2) is 34.9 Å². The standard InChI is InChI=1S/C15H17NO2/c1-3-4-7-12-10-16-15(18-12)14-9-6-5-8-13(14)11(2)17/h5-6,8-10H,3-4,7H2,1-2H3. The second-order valence-corrected chi connectivity index (χ2v) is 4.34. The third-order valence-corrected chi connectivity index (χ3v) is 2.87. The van der Waals surface area contributed by atoms with E-state index in [2.05, 4.69) is 11.9 Å². The van der Waals surface area contributed by atoms with Gasteiger partial charge in [-0.1, -0.05) is 31.5 Å². The largest absolute Gasteiger partial charge is 0.441 e. The zero-order chi connectivity index (χ0) is 13.0. The molecule has 0 bridgehead atoms. The number of ketones is 1. The van der Waals surface area contributed by atoms with Gasteiger partial charge in [-0.05, 0) is 19.4 Å². The predicted octanol–water partition coefficient (Wildman–Crippen LogP) is 3.89. The Balaban J connectivity index is 2.31. The molecule has 0 saturated carbocycles. The lowest BCUT2D eigenvalue weighted by Crippen LogP contribution is -1.95. The molecule has 94 valence electrons. The highest BCUT2D eigenvalue weighted by Crippen LogP contribution is 2.24. The van der Waals surface area contributed by atoms with Crippen LogP contribution in [0, 0.1) is 0 Å². The van der Waals surface area contributed by atoms with Gasteiger partial charge in [0.25, 0.3) is 0 Å². The number of hydrogen-bond acceptors (Lipinski definition) is 3. The normalized spacial score (nSPS) is 10.6. The van der Waals surface area contributed by atoms with Gasteiger partial charge >= 0.3 is 0 Å². The van der Waals surface area contributed by atoms with Crippen molar-refractivity contribution in [2.75, 3.05) is 0 Å². The lowest BCUT2D eigenvalue weighted by atomic mass is 10.0. The number of hydrogen-bond donors (Lipinski definition) is 0. The molecule has 0 fully saturated rings. The molecular formula is C15H17NO2. The number of carbonyl (C=O) groups is 1. The molecule has 3 nitrogen and oxygen atoms in total. The maximum atomic E-state index is 11.5. The number of Topliss-reactive ketones (excluding diaryl/α,β-unsaturated/α-hetero) is 1. The van der Waals surface area contributed by atoms with E-state index in [1.807, 2.05) is 18.2 Å². The van der Waals surface area contributed by atoms with Crippen LogP contribution in [0.3, 0.4) is 0 Å². The molecule has 18 heavy (non-hydrogen) atoms. The van der Waals surface area contributed by atoms with Crippen molar-refractivity contribution in [1.82, 2.24) is 4.98 Å². The first-order valence-corrected chi connectivity index (χ1v) is 6.27. The molecule has 0 aliphatic heterocycles. The predicted molar refractivity (Wildman–Crippen MR) is 70.6 cm³/mol. The summed E-state index contributed by atoms with van der Waals surface area (Å²) in [6.07, 6.45) is 4.86. The highest BCUT2D eigenvalue weighted by atomic mass is 16.4. The summed E-state index contributed by atoms with van der Waals surface area (Å²) in [5, 5.41) is 0. The van der Waals surface area contributed by atoms with E-state index in [-0.39, 0.29) is 5.78 Å². The Kier molecular flexibility index (Phi) is 3.92. The van der Waals surface area contributed by atoms with Crippen LogP contribution in [0.25, 0.3) is 11.5 Å². The van der Waals surface area contributed by atoms with Crippen LogP contribution in [0.2, 0.25) is 0 Å². The van der Waals surface area contributed by atoms with E-state index in [0.717, 1.165) is 30.6 Å². The molecule has 2 rings (SSSR count). The fraction of sp³-hybridized carbons (Fsp3) is 0.333. The lowest BCUT2D eigenvalue weighted by Gasteiger charge is -2.02. The minimum Gasteiger partial charge on any atom is -0.441 e. The average molecular weight is 243 g/mol. The summed E-state index contributed by atoms with van der Waals surface area (Å²) >= 11 is 0. The second-order valence-electron chi connectivity index (χ2n) is 4.34. The van der Waals surface area contributed by atoms with Crippen molar-refractivity contribution in [3.63, 3.8) is 0 Å². The molecule has 0 radical (unpaired) electrons. The zero-order valence-electron chi connectivity index (χ0n) is 10.8. The van der Waals surface area contributed by atoms with Crippen molar-refractivity contribution in [3.05, 3.63) is 41.8 Å². The Labute approximate surface area is 107 Å². The average Bonchev–Trinajstić information content (AvgIpc) is 2.85. The van der Waals surface area contributed by atoms with Gasteiger partial charge in [0, 0.05) is 17.5 Å². The molecule has 1 aromatic heterocycles. The molecule has 1 aromatic carbocycles. The summed E-state index contributed by atoms with van der Waals surface area (Å²) in [6.45, 7) is 3.70. The second kappa shape index (κ2) is 5.63. The molecule has 0 atom stereocenters. The van der Waals surface area contributed by atoms with Gasteiger partial charge in [-0.15, -0.1) is 0 Å². The zero-order valence-corrected chi connectivity index (χ0v) is 10.8. The summed E-state index contributed by atoms with van der Waals surface area (Å²) < 4.78 is 5.70.